The van der Waals surface area contributed by atoms with E-state index in [4.69, 9.17) is 4.74 Å². The number of imide groups is 1. The number of amides is 2. The molecule has 7 nitrogen and oxygen atoms in total. The fourth-order valence-electron chi connectivity index (χ4n) is 5.10. The van der Waals surface area contributed by atoms with Crippen molar-refractivity contribution in [2.45, 2.75) is 39.8 Å². The highest BCUT2D eigenvalue weighted by Crippen LogP contribution is 2.52. The van der Waals surface area contributed by atoms with Crippen LogP contribution in [0.25, 0.3) is 0 Å². The molecule has 1 saturated carbocycles. The van der Waals surface area contributed by atoms with E-state index < -0.39 is 0 Å². The summed E-state index contributed by atoms with van der Waals surface area (Å²) >= 11 is 0. The molecule has 4 atom stereocenters. The molecule has 33 heavy (non-hydrogen) atoms. The fraction of sp³-hybridized carbons (Fsp3) is 0.560. The quantitative estimate of drug-likeness (QED) is 0.114. The van der Waals surface area contributed by atoms with Gasteiger partial charge in [0.25, 0.3) is 0 Å². The number of nitrogens with one attached hydrogen (secondary N) is 2. The van der Waals surface area contributed by atoms with Gasteiger partial charge in [0.2, 0.25) is 11.8 Å². The summed E-state index contributed by atoms with van der Waals surface area (Å²) in [6.45, 7) is 7.82. The second-order valence-corrected chi connectivity index (χ2v) is 8.76. The summed E-state index contributed by atoms with van der Waals surface area (Å²) in [4.78, 5) is 31.7. The molecule has 2 bridgehead atoms. The van der Waals surface area contributed by atoms with Gasteiger partial charge >= 0.3 is 0 Å². The number of carbonyl (C=O) groups is 2. The van der Waals surface area contributed by atoms with Crippen molar-refractivity contribution in [2.24, 2.45) is 28.7 Å². The first-order chi connectivity index (χ1) is 15.6. The second-order valence-electron chi connectivity index (χ2n) is 8.76. The Morgan fingerprint density at radius 1 is 1.03 bits per heavy atom. The van der Waals surface area contributed by atoms with Gasteiger partial charge in [-0.2, -0.15) is 0 Å². The number of allylic oxidation sites excluding steroid dienone is 2. The lowest BCUT2D eigenvalue weighted by molar-refractivity contribution is -0.140. The molecule has 4 unspecified atom stereocenters. The fourth-order valence-corrected chi connectivity index (χ4v) is 5.10. The number of hydrogen-bond donors (Lipinski definition) is 2. The Hall–Kier alpha value is -1.94. The van der Waals surface area contributed by atoms with Gasteiger partial charge in [-0.3, -0.25) is 14.5 Å². The van der Waals surface area contributed by atoms with Crippen LogP contribution in [0.1, 0.15) is 37.8 Å². The minimum atomic E-state index is -0.107. The number of likely N-dealkylation sites (tertiary alicyclic amines) is 1. The van der Waals surface area contributed by atoms with Crippen molar-refractivity contribution >= 4 is 41.8 Å². The Morgan fingerprint density at radius 2 is 1.67 bits per heavy atom. The summed E-state index contributed by atoms with van der Waals surface area (Å²) in [5.74, 6) is 1.13. The summed E-state index contributed by atoms with van der Waals surface area (Å²) < 4.78 is 5.43. The van der Waals surface area contributed by atoms with Crippen molar-refractivity contribution in [3.8, 4) is 0 Å². The van der Waals surface area contributed by atoms with Crippen molar-refractivity contribution in [1.82, 2.24) is 15.5 Å². The predicted octanol–water partition coefficient (Wildman–Crippen LogP) is 3.09. The summed E-state index contributed by atoms with van der Waals surface area (Å²) in [5.41, 5.74) is 2.29. The van der Waals surface area contributed by atoms with Crippen molar-refractivity contribution < 1.29 is 14.3 Å². The highest BCUT2D eigenvalue weighted by molar-refractivity contribution is 14.0. The van der Waals surface area contributed by atoms with Crippen molar-refractivity contribution in [1.29, 1.82) is 0 Å². The summed E-state index contributed by atoms with van der Waals surface area (Å²) in [6, 6.07) is 8.29. The Morgan fingerprint density at radius 3 is 2.27 bits per heavy atom. The third kappa shape index (κ3) is 5.77. The monoisotopic (exact) mass is 566 g/mol. The number of halogens is 1. The number of fused-ring (bicyclic) bond motifs is 5. The standard InChI is InChI=1S/C25H34N4O3.HI/c1-3-26-25(28-15-17-6-8-18(9-7-17)16-32-4-2)27-12-5-13-29-23(30)21-19-10-11-20(14-19)22(21)24(29)31;/h6-11,19-22H,3-5,12-16H2,1-2H3,(H2,26,27,28);1H. The van der Waals surface area contributed by atoms with Crippen molar-refractivity contribution in [3.63, 3.8) is 0 Å². The van der Waals surface area contributed by atoms with E-state index in [0.717, 1.165) is 30.1 Å². The van der Waals surface area contributed by atoms with Crippen LogP contribution in [0.15, 0.2) is 41.4 Å². The minimum Gasteiger partial charge on any atom is -0.377 e. The smallest absolute Gasteiger partial charge is 0.233 e. The Bertz CT molecular complexity index is 856. The van der Waals surface area contributed by atoms with Crippen LogP contribution in [-0.2, 0) is 27.5 Å². The van der Waals surface area contributed by atoms with E-state index in [9.17, 15) is 9.59 Å². The molecule has 3 aliphatic rings. The lowest BCUT2D eigenvalue weighted by Crippen LogP contribution is -2.40. The van der Waals surface area contributed by atoms with Crippen molar-refractivity contribution in [2.75, 3.05) is 26.2 Å². The van der Waals surface area contributed by atoms with Crippen LogP contribution in [0, 0.1) is 23.7 Å². The Balaban J connectivity index is 0.00000306. The van der Waals surface area contributed by atoms with Gasteiger partial charge in [-0.1, -0.05) is 36.4 Å². The normalized spacial score (nSPS) is 25.4. The lowest BCUT2D eigenvalue weighted by Gasteiger charge is -2.18. The molecule has 1 aromatic carbocycles. The molecule has 180 valence electrons. The number of guanidine groups is 1. The molecule has 1 heterocycles. The van der Waals surface area contributed by atoms with Crippen LogP contribution in [-0.4, -0.2) is 48.9 Å². The third-order valence-electron chi connectivity index (χ3n) is 6.67. The van der Waals surface area contributed by atoms with Gasteiger partial charge in [0.05, 0.1) is 25.0 Å². The van der Waals surface area contributed by atoms with Crippen LogP contribution in [0.4, 0.5) is 0 Å². The van der Waals surface area contributed by atoms with E-state index >= 15 is 0 Å². The number of hydrogen-bond acceptors (Lipinski definition) is 4. The van der Waals surface area contributed by atoms with Crippen LogP contribution in [0.2, 0.25) is 0 Å². The third-order valence-corrected chi connectivity index (χ3v) is 6.67. The first-order valence-corrected chi connectivity index (χ1v) is 11.8. The van der Waals surface area contributed by atoms with Gasteiger partial charge in [0.15, 0.2) is 5.96 Å². The molecule has 0 aromatic heterocycles. The van der Waals surface area contributed by atoms with Gasteiger partial charge in [-0.25, -0.2) is 4.99 Å². The number of benzene rings is 1. The van der Waals surface area contributed by atoms with Crippen LogP contribution < -0.4 is 10.6 Å². The van der Waals surface area contributed by atoms with Crippen LogP contribution >= 0.6 is 24.0 Å². The second kappa shape index (κ2) is 12.0. The highest BCUT2D eigenvalue weighted by atomic mass is 127. The van der Waals surface area contributed by atoms with Gasteiger partial charge in [-0.15, -0.1) is 24.0 Å². The number of aliphatic imine (C=N–C) groups is 1. The maximum atomic E-state index is 12.8. The molecule has 8 heteroatoms. The molecule has 4 rings (SSSR count). The number of nitrogens with zero attached hydrogens (tertiary/aromatic N) is 2. The first-order valence-electron chi connectivity index (χ1n) is 11.8. The Kier molecular flexibility index (Phi) is 9.31. The van der Waals surface area contributed by atoms with Gasteiger partial charge in [0.1, 0.15) is 0 Å². The molecule has 0 radical (unpaired) electrons. The minimum absolute atomic E-state index is 0. The summed E-state index contributed by atoms with van der Waals surface area (Å²) in [5, 5.41) is 6.57. The first kappa shape index (κ1) is 25.7. The molecule has 1 aliphatic heterocycles. The van der Waals surface area contributed by atoms with Gasteiger partial charge < -0.3 is 15.4 Å². The predicted molar refractivity (Wildman–Crippen MR) is 139 cm³/mol. The summed E-state index contributed by atoms with van der Waals surface area (Å²) in [7, 11) is 0. The number of carbonyl (C=O) groups excluding carboxylic acids is 2. The average molecular weight is 566 g/mol. The largest absolute Gasteiger partial charge is 0.377 e. The van der Waals surface area contributed by atoms with Crippen LogP contribution in [0.5, 0.6) is 0 Å². The zero-order valence-electron chi connectivity index (χ0n) is 19.5. The number of ether oxygens (including phenoxy) is 1. The zero-order chi connectivity index (χ0) is 22.5. The van der Waals surface area contributed by atoms with E-state index in [2.05, 4.69) is 52.0 Å². The van der Waals surface area contributed by atoms with Crippen molar-refractivity contribution in [3.05, 3.63) is 47.5 Å². The van der Waals surface area contributed by atoms with E-state index in [-0.39, 0.29) is 59.5 Å². The molecule has 2 N–H and O–H groups in total. The Labute approximate surface area is 213 Å². The van der Waals surface area contributed by atoms with E-state index in [1.54, 1.807) is 0 Å². The topological polar surface area (TPSA) is 83.0 Å². The molecule has 2 amide bonds. The molecule has 1 saturated heterocycles. The maximum Gasteiger partial charge on any atom is 0.233 e. The van der Waals surface area contributed by atoms with Gasteiger partial charge in [-0.05, 0) is 49.7 Å². The van der Waals surface area contributed by atoms with E-state index in [0.29, 0.717) is 39.3 Å². The average Bonchev–Trinajstić information content (AvgIpc) is 3.49. The lowest BCUT2D eigenvalue weighted by atomic mass is 9.85. The van der Waals surface area contributed by atoms with Gasteiger partial charge in [0, 0.05) is 26.2 Å². The summed E-state index contributed by atoms with van der Waals surface area (Å²) in [6.07, 6.45) is 5.94. The SMILES string of the molecule is CCNC(=NCc1ccc(COCC)cc1)NCCCN1C(=O)C2C3C=CC(C3)C2C1=O.I. The number of rotatable bonds is 10. The molecule has 0 spiro atoms. The van der Waals surface area contributed by atoms with E-state index in [1.165, 1.54) is 4.90 Å². The molecule has 2 aliphatic carbocycles. The zero-order valence-corrected chi connectivity index (χ0v) is 21.8. The molecular formula is C25H35IN4O3. The molecular weight excluding hydrogens is 531 g/mol. The maximum absolute atomic E-state index is 12.8. The van der Waals surface area contributed by atoms with E-state index in [1.807, 2.05) is 13.8 Å². The molecule has 2 fully saturated rings. The molecule has 1 aromatic rings. The highest BCUT2D eigenvalue weighted by Gasteiger charge is 2.58. The van der Waals surface area contributed by atoms with Crippen LogP contribution in [0.3, 0.4) is 0 Å².